The summed E-state index contributed by atoms with van der Waals surface area (Å²) in [4.78, 5) is 14.7. The smallest absolute Gasteiger partial charge is 0.289 e. The predicted octanol–water partition coefficient (Wildman–Crippen LogP) is 2.72. The molecule has 110 valence electrons. The van der Waals surface area contributed by atoms with E-state index in [1.807, 2.05) is 17.9 Å². The molecule has 2 atom stereocenters. The van der Waals surface area contributed by atoms with Gasteiger partial charge >= 0.3 is 0 Å². The second kappa shape index (κ2) is 5.60. The normalized spacial score (nSPS) is 28.6. The molecule has 0 aliphatic carbocycles. The highest BCUT2D eigenvalue weighted by Gasteiger charge is 2.38. The Morgan fingerprint density at radius 1 is 1.35 bits per heavy atom. The first kappa shape index (κ1) is 13.7. The zero-order valence-electron chi connectivity index (χ0n) is 12.4. The molecular weight excluding hydrogens is 252 g/mol. The number of amides is 1. The van der Waals surface area contributed by atoms with Gasteiger partial charge in [-0.2, -0.15) is 0 Å². The van der Waals surface area contributed by atoms with Crippen LogP contribution < -0.4 is 5.32 Å². The van der Waals surface area contributed by atoms with Crippen molar-refractivity contribution in [1.82, 2.24) is 10.2 Å². The van der Waals surface area contributed by atoms with Crippen LogP contribution in [0, 0.1) is 6.92 Å². The van der Waals surface area contributed by atoms with Crippen LogP contribution in [-0.2, 0) is 0 Å². The second-order valence-electron chi connectivity index (χ2n) is 6.17. The lowest BCUT2D eigenvalue weighted by Crippen LogP contribution is -2.50. The molecule has 2 bridgehead atoms. The molecule has 20 heavy (non-hydrogen) atoms. The third-order valence-corrected chi connectivity index (χ3v) is 4.57. The van der Waals surface area contributed by atoms with E-state index in [0.29, 0.717) is 23.9 Å². The summed E-state index contributed by atoms with van der Waals surface area (Å²) in [6, 6.07) is 5.24. The van der Waals surface area contributed by atoms with Crippen molar-refractivity contribution in [2.75, 3.05) is 6.54 Å². The second-order valence-corrected chi connectivity index (χ2v) is 6.17. The van der Waals surface area contributed by atoms with E-state index < -0.39 is 0 Å². The largest absolute Gasteiger partial charge is 0.456 e. The van der Waals surface area contributed by atoms with Crippen molar-refractivity contribution in [1.29, 1.82) is 0 Å². The Morgan fingerprint density at radius 2 is 2.05 bits per heavy atom. The van der Waals surface area contributed by atoms with E-state index >= 15 is 0 Å². The molecule has 1 aromatic heterocycles. The van der Waals surface area contributed by atoms with Crippen LogP contribution in [0.5, 0.6) is 0 Å². The van der Waals surface area contributed by atoms with Gasteiger partial charge in [-0.1, -0.05) is 6.92 Å². The quantitative estimate of drug-likeness (QED) is 0.919. The number of piperidine rings is 1. The number of hydrogen-bond acceptors (Lipinski definition) is 3. The van der Waals surface area contributed by atoms with Gasteiger partial charge in [0.05, 0.1) is 0 Å². The first-order valence-electron chi connectivity index (χ1n) is 7.81. The molecule has 0 saturated carbocycles. The minimum atomic E-state index is 0.0613. The van der Waals surface area contributed by atoms with Crippen molar-refractivity contribution in [2.45, 2.75) is 64.1 Å². The standard InChI is InChI=1S/C16H24N2O2/c1-3-8-18(16(19)15-7-4-11(2)20-15)14-9-12-5-6-13(10-14)17-12/h4,7,12-14,17H,3,5-6,8-10H2,1-2H3. The fraction of sp³-hybridized carbons (Fsp3) is 0.688. The van der Waals surface area contributed by atoms with E-state index in [1.165, 1.54) is 12.8 Å². The van der Waals surface area contributed by atoms with E-state index in [2.05, 4.69) is 12.2 Å². The summed E-state index contributed by atoms with van der Waals surface area (Å²) < 4.78 is 5.53. The number of fused-ring (bicyclic) bond motifs is 2. The maximum atomic E-state index is 12.7. The van der Waals surface area contributed by atoms with Gasteiger partial charge in [-0.25, -0.2) is 0 Å². The van der Waals surface area contributed by atoms with Crippen LogP contribution in [-0.4, -0.2) is 35.5 Å². The van der Waals surface area contributed by atoms with Gasteiger partial charge in [0.25, 0.3) is 5.91 Å². The molecule has 2 aliphatic heterocycles. The summed E-state index contributed by atoms with van der Waals surface area (Å²) in [5.41, 5.74) is 0. The molecule has 3 rings (SSSR count). The number of carbonyl (C=O) groups is 1. The molecule has 1 amide bonds. The molecule has 2 saturated heterocycles. The third kappa shape index (κ3) is 2.62. The highest BCUT2D eigenvalue weighted by molar-refractivity contribution is 5.91. The van der Waals surface area contributed by atoms with E-state index in [4.69, 9.17) is 4.42 Å². The van der Waals surface area contributed by atoms with Crippen LogP contribution in [0.15, 0.2) is 16.5 Å². The molecule has 4 heteroatoms. The van der Waals surface area contributed by atoms with Crippen molar-refractivity contribution in [3.8, 4) is 0 Å². The maximum Gasteiger partial charge on any atom is 0.289 e. The van der Waals surface area contributed by atoms with Gasteiger partial charge in [0.15, 0.2) is 5.76 Å². The van der Waals surface area contributed by atoms with E-state index in [-0.39, 0.29) is 5.91 Å². The summed E-state index contributed by atoms with van der Waals surface area (Å²) in [7, 11) is 0. The highest BCUT2D eigenvalue weighted by Crippen LogP contribution is 2.30. The Balaban J connectivity index is 1.76. The molecule has 2 fully saturated rings. The van der Waals surface area contributed by atoms with Crippen LogP contribution in [0.4, 0.5) is 0 Å². The summed E-state index contributed by atoms with van der Waals surface area (Å²) in [5, 5.41) is 3.64. The summed E-state index contributed by atoms with van der Waals surface area (Å²) in [5.74, 6) is 1.35. The molecule has 2 unspecified atom stereocenters. The van der Waals surface area contributed by atoms with Crippen molar-refractivity contribution in [3.05, 3.63) is 23.7 Å². The van der Waals surface area contributed by atoms with Crippen LogP contribution in [0.25, 0.3) is 0 Å². The number of hydrogen-bond donors (Lipinski definition) is 1. The van der Waals surface area contributed by atoms with Gasteiger partial charge < -0.3 is 14.6 Å². The van der Waals surface area contributed by atoms with Crippen LogP contribution in [0.1, 0.15) is 55.3 Å². The van der Waals surface area contributed by atoms with Crippen LogP contribution in [0.2, 0.25) is 0 Å². The van der Waals surface area contributed by atoms with E-state index in [0.717, 1.165) is 31.6 Å². The number of aryl methyl sites for hydroxylation is 1. The molecule has 1 N–H and O–H groups in total. The lowest BCUT2D eigenvalue weighted by molar-refractivity contribution is 0.0583. The van der Waals surface area contributed by atoms with Crippen LogP contribution >= 0.6 is 0 Å². The molecule has 2 aliphatic rings. The predicted molar refractivity (Wildman–Crippen MR) is 77.7 cm³/mol. The van der Waals surface area contributed by atoms with Gasteiger partial charge in [-0.15, -0.1) is 0 Å². The molecular formula is C16H24N2O2. The fourth-order valence-corrected chi connectivity index (χ4v) is 3.66. The topological polar surface area (TPSA) is 45.5 Å². The van der Waals surface area contributed by atoms with Gasteiger partial charge in [-0.05, 0) is 51.2 Å². The third-order valence-electron chi connectivity index (χ3n) is 4.57. The lowest BCUT2D eigenvalue weighted by Gasteiger charge is -2.37. The number of rotatable bonds is 4. The van der Waals surface area contributed by atoms with E-state index in [9.17, 15) is 4.79 Å². The molecule has 4 nitrogen and oxygen atoms in total. The molecule has 0 radical (unpaired) electrons. The van der Waals surface area contributed by atoms with Crippen molar-refractivity contribution in [3.63, 3.8) is 0 Å². The van der Waals surface area contributed by atoms with Crippen molar-refractivity contribution in [2.24, 2.45) is 0 Å². The molecule has 3 heterocycles. The summed E-state index contributed by atoms with van der Waals surface area (Å²) >= 11 is 0. The van der Waals surface area contributed by atoms with Crippen LogP contribution in [0.3, 0.4) is 0 Å². The number of carbonyl (C=O) groups excluding carboxylic acids is 1. The highest BCUT2D eigenvalue weighted by atomic mass is 16.3. The Morgan fingerprint density at radius 3 is 2.60 bits per heavy atom. The minimum absolute atomic E-state index is 0.0613. The zero-order valence-corrected chi connectivity index (χ0v) is 12.4. The van der Waals surface area contributed by atoms with Crippen molar-refractivity contribution >= 4 is 5.91 Å². The van der Waals surface area contributed by atoms with Crippen molar-refractivity contribution < 1.29 is 9.21 Å². The molecule has 0 aromatic carbocycles. The Kier molecular flexibility index (Phi) is 3.83. The summed E-state index contributed by atoms with van der Waals surface area (Å²) in [6.45, 7) is 4.83. The Hall–Kier alpha value is -1.29. The first-order valence-corrected chi connectivity index (χ1v) is 7.81. The average molecular weight is 276 g/mol. The van der Waals surface area contributed by atoms with E-state index in [1.54, 1.807) is 6.07 Å². The van der Waals surface area contributed by atoms with Gasteiger partial charge in [0, 0.05) is 24.7 Å². The monoisotopic (exact) mass is 276 g/mol. The average Bonchev–Trinajstić information content (AvgIpc) is 3.01. The minimum Gasteiger partial charge on any atom is -0.456 e. The number of furan rings is 1. The summed E-state index contributed by atoms with van der Waals surface area (Å²) in [6.07, 6.45) is 5.68. The molecule has 1 aromatic rings. The SMILES string of the molecule is CCCN(C(=O)c1ccc(C)o1)C1CC2CCC(C1)N2. The fourth-order valence-electron chi connectivity index (χ4n) is 3.66. The number of nitrogens with zero attached hydrogens (tertiary/aromatic N) is 1. The lowest BCUT2D eigenvalue weighted by atomic mass is 9.97. The maximum absolute atomic E-state index is 12.7. The zero-order chi connectivity index (χ0) is 14.1. The Labute approximate surface area is 120 Å². The van der Waals surface area contributed by atoms with Gasteiger partial charge in [0.1, 0.15) is 5.76 Å². The Bertz CT molecular complexity index is 471. The van der Waals surface area contributed by atoms with Gasteiger partial charge in [0.2, 0.25) is 0 Å². The number of nitrogens with one attached hydrogen (secondary N) is 1. The van der Waals surface area contributed by atoms with Gasteiger partial charge in [-0.3, -0.25) is 4.79 Å². The molecule has 0 spiro atoms. The first-order chi connectivity index (χ1) is 9.67.